The Kier molecular flexibility index (Phi) is 15.0. The number of carbonyl (C=O) groups excluding carboxylic acids is 3. The zero-order valence-electron chi connectivity index (χ0n) is 23.3. The van der Waals surface area contributed by atoms with Gasteiger partial charge in [-0.05, 0) is 37.3 Å². The maximum atomic E-state index is 13.2. The van der Waals surface area contributed by atoms with E-state index in [4.69, 9.17) is 9.47 Å². The number of allylic oxidation sites excluding steroid dienone is 2. The first-order chi connectivity index (χ1) is 19.4. The summed E-state index contributed by atoms with van der Waals surface area (Å²) in [6.07, 6.45) is 4.45. The molecular formula is C32H42N2O6. The van der Waals surface area contributed by atoms with Gasteiger partial charge < -0.3 is 25.2 Å². The first-order valence-corrected chi connectivity index (χ1v) is 13.6. The van der Waals surface area contributed by atoms with Crippen molar-refractivity contribution in [2.24, 2.45) is 11.8 Å². The van der Waals surface area contributed by atoms with Crippen molar-refractivity contribution < 1.29 is 29.0 Å². The highest BCUT2D eigenvalue weighted by Crippen LogP contribution is 2.16. The molecule has 3 N–H and O–H groups in total. The highest BCUT2D eigenvalue weighted by Gasteiger charge is 2.26. The molecule has 2 aromatic rings. The molecule has 0 aliphatic heterocycles. The maximum Gasteiger partial charge on any atom is 0.309 e. The summed E-state index contributed by atoms with van der Waals surface area (Å²) < 4.78 is 11.5. The Morgan fingerprint density at radius 3 is 2.08 bits per heavy atom. The molecule has 0 radical (unpaired) electrons. The number of nitrogens with one attached hydrogen (secondary N) is 2. The van der Waals surface area contributed by atoms with E-state index in [1.807, 2.05) is 60.7 Å². The van der Waals surface area contributed by atoms with Gasteiger partial charge in [-0.25, -0.2) is 0 Å². The van der Waals surface area contributed by atoms with Crippen molar-refractivity contribution in [3.05, 3.63) is 97.1 Å². The van der Waals surface area contributed by atoms with Gasteiger partial charge in [-0.1, -0.05) is 72.8 Å². The summed E-state index contributed by atoms with van der Waals surface area (Å²) in [7, 11) is 0. The van der Waals surface area contributed by atoms with Crippen LogP contribution in [-0.2, 0) is 36.9 Å². The fourth-order valence-electron chi connectivity index (χ4n) is 4.09. The number of aliphatic hydroxyl groups is 1. The number of carbonyl (C=O) groups is 3. The van der Waals surface area contributed by atoms with Gasteiger partial charge in [0.1, 0.15) is 6.61 Å². The number of hydrogen-bond acceptors (Lipinski definition) is 6. The highest BCUT2D eigenvalue weighted by molar-refractivity contribution is 5.86. The van der Waals surface area contributed by atoms with E-state index in [1.54, 1.807) is 19.1 Å². The van der Waals surface area contributed by atoms with E-state index in [0.717, 1.165) is 11.1 Å². The quantitative estimate of drug-likeness (QED) is 0.181. The molecule has 40 heavy (non-hydrogen) atoms. The zero-order valence-corrected chi connectivity index (χ0v) is 23.3. The molecular weight excluding hydrogens is 508 g/mol. The van der Waals surface area contributed by atoms with E-state index in [0.29, 0.717) is 19.4 Å². The lowest BCUT2D eigenvalue weighted by molar-refractivity contribution is -0.150. The predicted octanol–water partition coefficient (Wildman–Crippen LogP) is 3.75. The van der Waals surface area contributed by atoms with Gasteiger partial charge >= 0.3 is 5.97 Å². The third-order valence-electron chi connectivity index (χ3n) is 6.25. The van der Waals surface area contributed by atoms with Crippen molar-refractivity contribution in [1.82, 2.24) is 10.6 Å². The van der Waals surface area contributed by atoms with Gasteiger partial charge in [-0.2, -0.15) is 0 Å². The Morgan fingerprint density at radius 1 is 0.875 bits per heavy atom. The Bertz CT molecular complexity index is 1060. The van der Waals surface area contributed by atoms with E-state index in [9.17, 15) is 19.5 Å². The Labute approximate surface area is 237 Å². The van der Waals surface area contributed by atoms with Crippen molar-refractivity contribution in [1.29, 1.82) is 0 Å². The molecule has 0 aliphatic rings. The molecule has 0 saturated heterocycles. The summed E-state index contributed by atoms with van der Waals surface area (Å²) in [5, 5.41) is 14.8. The van der Waals surface area contributed by atoms with Crippen molar-refractivity contribution in [2.75, 3.05) is 19.8 Å². The van der Waals surface area contributed by atoms with Crippen LogP contribution in [0, 0.1) is 11.8 Å². The molecule has 8 nitrogen and oxygen atoms in total. The van der Waals surface area contributed by atoms with E-state index < -0.39 is 23.9 Å². The summed E-state index contributed by atoms with van der Waals surface area (Å²) in [6, 6.07) is 18.2. The minimum atomic E-state index is -0.678. The Balaban J connectivity index is 2.06. The molecule has 8 heteroatoms. The summed E-state index contributed by atoms with van der Waals surface area (Å²) in [4.78, 5) is 38.6. The molecule has 0 saturated carbocycles. The minimum Gasteiger partial charge on any atom is -0.463 e. The van der Waals surface area contributed by atoms with Gasteiger partial charge in [0.05, 0.1) is 37.7 Å². The number of hydrogen-bond donors (Lipinski definition) is 3. The second-order valence-corrected chi connectivity index (χ2v) is 9.82. The summed E-state index contributed by atoms with van der Waals surface area (Å²) in [6.45, 7) is 9.29. The van der Waals surface area contributed by atoms with Crippen LogP contribution in [0.3, 0.4) is 0 Å². The average molecular weight is 551 g/mol. The molecule has 0 aromatic heterocycles. The van der Waals surface area contributed by atoms with Crippen molar-refractivity contribution in [3.63, 3.8) is 0 Å². The molecule has 216 valence electrons. The highest BCUT2D eigenvalue weighted by atomic mass is 16.5. The van der Waals surface area contributed by atoms with Gasteiger partial charge in [0.2, 0.25) is 11.8 Å². The van der Waals surface area contributed by atoms with E-state index in [1.165, 1.54) is 0 Å². The monoisotopic (exact) mass is 550 g/mol. The molecule has 0 bridgehead atoms. The van der Waals surface area contributed by atoms with E-state index in [-0.39, 0.29) is 50.4 Å². The largest absolute Gasteiger partial charge is 0.463 e. The number of ether oxygens (including phenoxy) is 2. The molecule has 2 rings (SSSR count). The van der Waals surface area contributed by atoms with Gasteiger partial charge in [-0.15, -0.1) is 13.2 Å². The SMILES string of the molecule is C=CC[C@H](CC(=O)N[C@H](C)CO)C(=O)N[C@@H](COCc1ccccc1)COC(=O)[C@H](CC=C)Cc1ccccc1. The van der Waals surface area contributed by atoms with Crippen molar-refractivity contribution >= 4 is 17.8 Å². The fourth-order valence-corrected chi connectivity index (χ4v) is 4.09. The summed E-state index contributed by atoms with van der Waals surface area (Å²) in [5.41, 5.74) is 1.99. The normalized spacial score (nSPS) is 13.8. The van der Waals surface area contributed by atoms with Crippen LogP contribution in [0.25, 0.3) is 0 Å². The number of benzene rings is 2. The molecule has 0 unspecified atom stereocenters. The van der Waals surface area contributed by atoms with Crippen LogP contribution >= 0.6 is 0 Å². The number of rotatable bonds is 19. The Hall–Kier alpha value is -3.75. The van der Waals surface area contributed by atoms with Crippen molar-refractivity contribution in [3.8, 4) is 0 Å². The smallest absolute Gasteiger partial charge is 0.309 e. The first kappa shape index (κ1) is 32.5. The summed E-state index contributed by atoms with van der Waals surface area (Å²) >= 11 is 0. The topological polar surface area (TPSA) is 114 Å². The lowest BCUT2D eigenvalue weighted by Gasteiger charge is -2.23. The van der Waals surface area contributed by atoms with Crippen molar-refractivity contribution in [2.45, 2.75) is 51.3 Å². The number of esters is 1. The Morgan fingerprint density at radius 2 is 1.48 bits per heavy atom. The molecule has 0 fully saturated rings. The molecule has 2 aromatic carbocycles. The maximum absolute atomic E-state index is 13.2. The standard InChI is InChI=1S/C32H42N2O6/c1-4-12-27(19-30(36)33-24(3)20-35)31(37)34-29(22-39-21-26-16-10-7-11-17-26)23-40-32(38)28(13-5-2)18-25-14-8-6-9-15-25/h4-11,14-17,24,27-29,35H,1-2,12-13,18-23H2,3H3,(H,33,36)(H,34,37)/t24-,27-,28-,29+/m1/s1. The van der Waals surface area contributed by atoms with Crippen LogP contribution in [-0.4, -0.2) is 54.8 Å². The molecule has 0 spiro atoms. The number of amides is 2. The lowest BCUT2D eigenvalue weighted by Crippen LogP contribution is -2.46. The average Bonchev–Trinajstić information content (AvgIpc) is 2.96. The van der Waals surface area contributed by atoms with Gasteiger partial charge in [0.15, 0.2) is 0 Å². The molecule has 4 atom stereocenters. The predicted molar refractivity (Wildman–Crippen MR) is 155 cm³/mol. The van der Waals surface area contributed by atoms with Crippen LogP contribution in [0.5, 0.6) is 0 Å². The van der Waals surface area contributed by atoms with Crippen LogP contribution in [0.4, 0.5) is 0 Å². The second-order valence-electron chi connectivity index (χ2n) is 9.82. The third kappa shape index (κ3) is 12.4. The first-order valence-electron chi connectivity index (χ1n) is 13.6. The van der Waals surface area contributed by atoms with Crippen LogP contribution in [0.15, 0.2) is 86.0 Å². The third-order valence-corrected chi connectivity index (χ3v) is 6.25. The molecule has 0 heterocycles. The van der Waals surface area contributed by atoms with Gasteiger partial charge in [-0.3, -0.25) is 14.4 Å². The number of aliphatic hydroxyl groups excluding tert-OH is 1. The molecule has 2 amide bonds. The van der Waals surface area contributed by atoms with Crippen LogP contribution in [0.1, 0.15) is 37.3 Å². The minimum absolute atomic E-state index is 0.0714. The van der Waals surface area contributed by atoms with Gasteiger partial charge in [0, 0.05) is 12.5 Å². The van der Waals surface area contributed by atoms with Crippen LogP contribution in [0.2, 0.25) is 0 Å². The van der Waals surface area contributed by atoms with Crippen LogP contribution < -0.4 is 10.6 Å². The van der Waals surface area contributed by atoms with Gasteiger partial charge in [0.25, 0.3) is 0 Å². The summed E-state index contributed by atoms with van der Waals surface area (Å²) in [5.74, 6) is -2.19. The van der Waals surface area contributed by atoms with E-state index in [2.05, 4.69) is 23.8 Å². The lowest BCUT2D eigenvalue weighted by atomic mass is 9.96. The zero-order chi connectivity index (χ0) is 29.2. The second kappa shape index (κ2) is 18.5. The fraction of sp³-hybridized carbons (Fsp3) is 0.406. The van der Waals surface area contributed by atoms with E-state index >= 15 is 0 Å². The molecule has 0 aliphatic carbocycles.